The van der Waals surface area contributed by atoms with Crippen LogP contribution in [0.5, 0.6) is 0 Å². The van der Waals surface area contributed by atoms with Gasteiger partial charge in [-0.3, -0.25) is 9.88 Å². The van der Waals surface area contributed by atoms with Crippen LogP contribution in [0.15, 0.2) is 30.5 Å². The van der Waals surface area contributed by atoms with Crippen molar-refractivity contribution in [1.82, 2.24) is 14.8 Å². The number of likely N-dealkylation sites (N-methyl/N-ethyl adjacent to an activating group) is 1. The zero-order chi connectivity index (χ0) is 19.7. The molecule has 3 heterocycles. The van der Waals surface area contributed by atoms with Gasteiger partial charge in [-0.05, 0) is 45.2 Å². The fourth-order valence-electron chi connectivity index (χ4n) is 4.44. The maximum Gasteiger partial charge on any atom is 0.101 e. The number of hydrogen-bond donors (Lipinski definition) is 0. The maximum absolute atomic E-state index is 9.41. The van der Waals surface area contributed by atoms with Gasteiger partial charge in [0.1, 0.15) is 6.07 Å². The van der Waals surface area contributed by atoms with E-state index in [2.05, 4.69) is 58.8 Å². The number of pyridine rings is 1. The van der Waals surface area contributed by atoms with E-state index in [1.54, 1.807) is 6.20 Å². The molecule has 0 N–H and O–H groups in total. The van der Waals surface area contributed by atoms with E-state index in [0.29, 0.717) is 11.6 Å². The summed E-state index contributed by atoms with van der Waals surface area (Å²) in [6.45, 7) is 10.4. The number of piperazine rings is 1. The van der Waals surface area contributed by atoms with E-state index in [9.17, 15) is 5.26 Å². The third kappa shape index (κ3) is 3.83. The number of hydrogen-bond acceptors (Lipinski definition) is 6. The number of aromatic nitrogens is 1. The number of morpholine rings is 1. The zero-order valence-electron chi connectivity index (χ0n) is 17.0. The minimum Gasteiger partial charge on any atom is -0.370 e. The van der Waals surface area contributed by atoms with Gasteiger partial charge in [-0.25, -0.2) is 0 Å². The fourth-order valence-corrected chi connectivity index (χ4v) is 4.44. The van der Waals surface area contributed by atoms with Gasteiger partial charge in [-0.15, -0.1) is 0 Å². The Balaban J connectivity index is 1.54. The molecule has 2 aromatic rings. The zero-order valence-corrected chi connectivity index (χ0v) is 17.0. The molecular weight excluding hydrogens is 350 g/mol. The van der Waals surface area contributed by atoms with Crippen molar-refractivity contribution in [1.29, 1.82) is 5.26 Å². The highest BCUT2D eigenvalue weighted by atomic mass is 16.5. The monoisotopic (exact) mass is 379 g/mol. The van der Waals surface area contributed by atoms with Crippen molar-refractivity contribution < 1.29 is 4.74 Å². The second-order valence-corrected chi connectivity index (χ2v) is 8.21. The van der Waals surface area contributed by atoms with E-state index < -0.39 is 0 Å². The fraction of sp³-hybridized carbons (Fsp3) is 0.545. The lowest BCUT2D eigenvalue weighted by molar-refractivity contribution is -0.0406. The van der Waals surface area contributed by atoms with Crippen LogP contribution in [0, 0.1) is 11.3 Å². The molecule has 2 aliphatic heterocycles. The topological polar surface area (TPSA) is 55.6 Å². The number of anilines is 1. The number of fused-ring (bicyclic) bond motifs is 1. The molecule has 3 atom stereocenters. The van der Waals surface area contributed by atoms with Crippen LogP contribution in [0.3, 0.4) is 0 Å². The smallest absolute Gasteiger partial charge is 0.101 e. The summed E-state index contributed by atoms with van der Waals surface area (Å²) in [4.78, 5) is 11.8. The lowest BCUT2D eigenvalue weighted by Crippen LogP contribution is -2.55. The molecule has 2 fully saturated rings. The Bertz CT molecular complexity index is 879. The molecule has 0 aliphatic carbocycles. The van der Waals surface area contributed by atoms with Crippen LogP contribution >= 0.6 is 0 Å². The van der Waals surface area contributed by atoms with E-state index in [4.69, 9.17) is 4.74 Å². The summed E-state index contributed by atoms with van der Waals surface area (Å²) in [6.07, 6.45) is 2.11. The van der Waals surface area contributed by atoms with E-state index in [1.807, 2.05) is 12.1 Å². The van der Waals surface area contributed by atoms with Gasteiger partial charge < -0.3 is 14.5 Å². The van der Waals surface area contributed by atoms with Crippen LogP contribution in [-0.2, 0) is 4.74 Å². The van der Waals surface area contributed by atoms with Gasteiger partial charge in [0.25, 0.3) is 0 Å². The molecule has 28 heavy (non-hydrogen) atoms. The Morgan fingerprint density at radius 2 is 2.04 bits per heavy atom. The summed E-state index contributed by atoms with van der Waals surface area (Å²) in [7, 11) is 2.20. The molecule has 2 saturated heterocycles. The normalized spacial score (nSPS) is 27.1. The standard InChI is InChI=1S/C22H29N5O/c1-16-12-26(10-9-25(16)3)14-19-15-27(13-17(2)28-19)21-7-6-18(11-23)22-20(21)5-4-8-24-22/h4-8,16-17,19H,9-10,12-15H2,1-3H3/t16-,17+,19+/m0/s1. The molecule has 0 spiro atoms. The van der Waals surface area contributed by atoms with Crippen LogP contribution in [0.4, 0.5) is 5.69 Å². The van der Waals surface area contributed by atoms with Crippen molar-refractivity contribution in [2.75, 3.05) is 51.2 Å². The average molecular weight is 380 g/mol. The first-order valence-electron chi connectivity index (χ1n) is 10.2. The molecule has 2 aliphatic rings. The third-order valence-corrected chi connectivity index (χ3v) is 6.04. The highest BCUT2D eigenvalue weighted by molar-refractivity contribution is 5.95. The SMILES string of the molecule is C[C@@H]1CN(c2ccc(C#N)c3ncccc23)C[C@@H](CN2CCN(C)[C@@H](C)C2)O1. The molecule has 1 aromatic carbocycles. The Morgan fingerprint density at radius 1 is 1.18 bits per heavy atom. The highest BCUT2D eigenvalue weighted by Crippen LogP contribution is 2.30. The summed E-state index contributed by atoms with van der Waals surface area (Å²) in [6, 6.07) is 10.8. The summed E-state index contributed by atoms with van der Waals surface area (Å²) in [5.41, 5.74) is 2.56. The summed E-state index contributed by atoms with van der Waals surface area (Å²) >= 11 is 0. The Labute approximate surface area is 167 Å². The molecule has 148 valence electrons. The summed E-state index contributed by atoms with van der Waals surface area (Å²) < 4.78 is 6.29. The Kier molecular flexibility index (Phi) is 5.49. The molecule has 0 saturated carbocycles. The molecule has 6 heteroatoms. The van der Waals surface area contributed by atoms with Crippen LogP contribution in [0.2, 0.25) is 0 Å². The van der Waals surface area contributed by atoms with E-state index in [0.717, 1.165) is 55.9 Å². The molecular formula is C22H29N5O. The first kappa shape index (κ1) is 19.1. The predicted octanol–water partition coefficient (Wildman–Crippen LogP) is 2.34. The summed E-state index contributed by atoms with van der Waals surface area (Å²) in [5.74, 6) is 0. The van der Waals surface area contributed by atoms with Crippen LogP contribution < -0.4 is 4.90 Å². The highest BCUT2D eigenvalue weighted by Gasteiger charge is 2.30. The van der Waals surface area contributed by atoms with Crippen LogP contribution in [0.25, 0.3) is 10.9 Å². The minimum absolute atomic E-state index is 0.172. The third-order valence-electron chi connectivity index (χ3n) is 6.04. The average Bonchev–Trinajstić information content (AvgIpc) is 2.69. The first-order valence-corrected chi connectivity index (χ1v) is 10.2. The van der Waals surface area contributed by atoms with Crippen molar-refractivity contribution >= 4 is 16.6 Å². The van der Waals surface area contributed by atoms with Crippen molar-refractivity contribution in [2.24, 2.45) is 0 Å². The van der Waals surface area contributed by atoms with E-state index in [-0.39, 0.29) is 12.2 Å². The molecule has 0 amide bonds. The minimum atomic E-state index is 0.172. The second kappa shape index (κ2) is 8.04. The van der Waals surface area contributed by atoms with Gasteiger partial charge in [0.15, 0.2) is 0 Å². The van der Waals surface area contributed by atoms with E-state index >= 15 is 0 Å². The van der Waals surface area contributed by atoms with E-state index in [1.165, 1.54) is 0 Å². The quantitative estimate of drug-likeness (QED) is 0.816. The lowest BCUT2D eigenvalue weighted by atomic mass is 10.1. The number of nitriles is 1. The summed E-state index contributed by atoms with van der Waals surface area (Å²) in [5, 5.41) is 10.5. The Hall–Kier alpha value is -2.20. The molecule has 1 aromatic heterocycles. The van der Waals surface area contributed by atoms with Crippen molar-refractivity contribution in [3.8, 4) is 6.07 Å². The second-order valence-electron chi connectivity index (χ2n) is 8.21. The molecule has 6 nitrogen and oxygen atoms in total. The number of rotatable bonds is 3. The Morgan fingerprint density at radius 3 is 2.82 bits per heavy atom. The molecule has 0 unspecified atom stereocenters. The maximum atomic E-state index is 9.41. The van der Waals surface area contributed by atoms with Gasteiger partial charge in [-0.1, -0.05) is 0 Å². The predicted molar refractivity (Wildman–Crippen MR) is 112 cm³/mol. The largest absolute Gasteiger partial charge is 0.370 e. The lowest BCUT2D eigenvalue weighted by Gasteiger charge is -2.43. The molecule has 4 rings (SSSR count). The van der Waals surface area contributed by atoms with Crippen LogP contribution in [0.1, 0.15) is 19.4 Å². The van der Waals surface area contributed by atoms with Gasteiger partial charge >= 0.3 is 0 Å². The van der Waals surface area contributed by atoms with Gasteiger partial charge in [-0.2, -0.15) is 5.26 Å². The number of benzene rings is 1. The van der Waals surface area contributed by atoms with Crippen molar-refractivity contribution in [2.45, 2.75) is 32.1 Å². The van der Waals surface area contributed by atoms with Crippen molar-refractivity contribution in [3.05, 3.63) is 36.0 Å². The van der Waals surface area contributed by atoms with Gasteiger partial charge in [0.05, 0.1) is 23.3 Å². The van der Waals surface area contributed by atoms with Gasteiger partial charge in [0, 0.05) is 62.6 Å². The van der Waals surface area contributed by atoms with Gasteiger partial charge in [0.2, 0.25) is 0 Å². The molecule has 0 bridgehead atoms. The molecule has 0 radical (unpaired) electrons. The van der Waals surface area contributed by atoms with Crippen molar-refractivity contribution in [3.63, 3.8) is 0 Å². The number of ether oxygens (including phenoxy) is 1. The van der Waals surface area contributed by atoms with Crippen LogP contribution in [-0.4, -0.2) is 79.3 Å². The first-order chi connectivity index (χ1) is 13.5. The number of nitrogens with zero attached hydrogens (tertiary/aromatic N) is 5.